The molecule has 1 rings (SSSR count). The van der Waals surface area contributed by atoms with Crippen LogP contribution >= 0.6 is 6.72 Å². The molecule has 8 heteroatoms. The molecule has 166 valence electrons. The average Bonchev–Trinajstić information content (AvgIpc) is 3.10. The number of hydrogen-bond acceptors (Lipinski definition) is 5. The maximum atomic E-state index is 10.9. The standard InChI is InChI=1S/C21H41O5PS.K/c1-2-3-4-5-6-7-8-9-10-11-12-13-14-15-16-17-21-24-18-20(26-21)19-25-27(22,23)28;/h8-9,20-21H,2-7,10-19H2,1H3,(H2,22,23,28);/q;+1/p-1/b9-8+;/t20-,21+;/m0./s1. The summed E-state index contributed by atoms with van der Waals surface area (Å²) in [5.74, 6) is 0. The van der Waals surface area contributed by atoms with Crippen molar-refractivity contribution < 1.29 is 75.2 Å². The molecular weight excluding hydrogens is 434 g/mol. The Morgan fingerprint density at radius 1 is 1.00 bits per heavy atom. The Labute approximate surface area is 226 Å². The molecule has 1 heterocycles. The Hall–Kier alpha value is 1.83. The van der Waals surface area contributed by atoms with Crippen LogP contribution in [0.2, 0.25) is 0 Å². The van der Waals surface area contributed by atoms with E-state index in [-0.39, 0.29) is 70.4 Å². The van der Waals surface area contributed by atoms with Crippen molar-refractivity contribution >= 4 is 18.5 Å². The van der Waals surface area contributed by atoms with Crippen LogP contribution in [0.25, 0.3) is 0 Å². The van der Waals surface area contributed by atoms with Crippen molar-refractivity contribution in [2.24, 2.45) is 0 Å². The van der Waals surface area contributed by atoms with E-state index in [9.17, 15) is 4.89 Å². The quantitative estimate of drug-likeness (QED) is 0.142. The number of allylic oxidation sites excluding steroid dienone is 2. The van der Waals surface area contributed by atoms with Crippen LogP contribution < -0.4 is 56.3 Å². The Morgan fingerprint density at radius 2 is 1.55 bits per heavy atom. The predicted molar refractivity (Wildman–Crippen MR) is 117 cm³/mol. The topological polar surface area (TPSA) is 71.0 Å². The third-order valence-corrected chi connectivity index (χ3v) is 5.73. The van der Waals surface area contributed by atoms with Gasteiger partial charge in [0.05, 0.1) is 13.2 Å². The van der Waals surface area contributed by atoms with Crippen molar-refractivity contribution in [3.63, 3.8) is 0 Å². The summed E-state index contributed by atoms with van der Waals surface area (Å²) in [5, 5.41) is 0. The summed E-state index contributed by atoms with van der Waals surface area (Å²) >= 11 is 4.31. The molecule has 29 heavy (non-hydrogen) atoms. The zero-order valence-corrected chi connectivity index (χ0v) is 23.4. The smallest absolute Gasteiger partial charge is 0.780 e. The van der Waals surface area contributed by atoms with E-state index in [1.165, 1.54) is 77.0 Å². The second-order valence-corrected chi connectivity index (χ2v) is 10.2. The van der Waals surface area contributed by atoms with Gasteiger partial charge in [0.2, 0.25) is 0 Å². The van der Waals surface area contributed by atoms with Crippen molar-refractivity contribution in [2.75, 3.05) is 13.2 Å². The van der Waals surface area contributed by atoms with Crippen LogP contribution in [0.1, 0.15) is 96.8 Å². The SMILES string of the molecule is CCCCCCC/C=C/CCCCCCCC[C@@H]1OC[C@@H](COP([O-])(O)=S)O1.[K+]. The number of rotatable bonds is 18. The fraction of sp³-hybridized carbons (Fsp3) is 0.905. The normalized spacial score (nSPS) is 21.3. The summed E-state index contributed by atoms with van der Waals surface area (Å²) in [6.45, 7) is -1.18. The van der Waals surface area contributed by atoms with Crippen molar-refractivity contribution in [1.29, 1.82) is 0 Å². The van der Waals surface area contributed by atoms with Crippen molar-refractivity contribution in [2.45, 2.75) is 109 Å². The van der Waals surface area contributed by atoms with Crippen LogP contribution in [0.3, 0.4) is 0 Å². The molecule has 0 spiro atoms. The second kappa shape index (κ2) is 20.4. The Bertz CT molecular complexity index is 447. The van der Waals surface area contributed by atoms with Crippen LogP contribution in [0.15, 0.2) is 12.2 Å². The van der Waals surface area contributed by atoms with E-state index in [4.69, 9.17) is 18.9 Å². The van der Waals surface area contributed by atoms with Crippen LogP contribution in [-0.2, 0) is 25.8 Å². The molecule has 1 N–H and O–H groups in total. The van der Waals surface area contributed by atoms with Gasteiger partial charge in [-0.15, -0.1) is 0 Å². The summed E-state index contributed by atoms with van der Waals surface area (Å²) in [5.41, 5.74) is 0. The Balaban J connectivity index is 0.00000784. The van der Waals surface area contributed by atoms with Gasteiger partial charge in [-0.25, -0.2) is 0 Å². The zero-order chi connectivity index (χ0) is 20.5. The van der Waals surface area contributed by atoms with Crippen LogP contribution in [0, 0.1) is 0 Å². The van der Waals surface area contributed by atoms with E-state index in [0.29, 0.717) is 6.61 Å². The zero-order valence-electron chi connectivity index (χ0n) is 18.6. The first kappa shape index (κ1) is 30.8. The molecule has 0 bridgehead atoms. The van der Waals surface area contributed by atoms with Gasteiger partial charge < -0.3 is 23.8 Å². The first-order valence-electron chi connectivity index (χ1n) is 11.1. The van der Waals surface area contributed by atoms with E-state index in [1.54, 1.807) is 0 Å². The first-order valence-corrected chi connectivity index (χ1v) is 13.7. The van der Waals surface area contributed by atoms with Gasteiger partial charge in [-0.1, -0.05) is 82.2 Å². The summed E-state index contributed by atoms with van der Waals surface area (Å²) in [7, 11) is 0. The molecular formula is C21H40KO5PS. The van der Waals surface area contributed by atoms with E-state index in [1.807, 2.05) is 0 Å². The fourth-order valence-electron chi connectivity index (χ4n) is 3.31. The number of unbranched alkanes of at least 4 members (excludes halogenated alkanes) is 11. The van der Waals surface area contributed by atoms with Gasteiger partial charge in [0, 0.05) is 0 Å². The molecule has 0 aliphatic carbocycles. The van der Waals surface area contributed by atoms with Gasteiger partial charge in [0.1, 0.15) is 12.8 Å². The van der Waals surface area contributed by atoms with Gasteiger partial charge in [-0.2, -0.15) is 0 Å². The molecule has 1 saturated heterocycles. The Kier molecular flexibility index (Phi) is 21.7. The first-order chi connectivity index (χ1) is 13.5. The van der Waals surface area contributed by atoms with E-state index in [0.717, 1.165) is 12.8 Å². The largest absolute Gasteiger partial charge is 1.00 e. The molecule has 1 aliphatic rings. The molecule has 1 unspecified atom stereocenters. The number of hydrogen-bond donors (Lipinski definition) is 1. The Morgan fingerprint density at radius 3 is 2.14 bits per heavy atom. The predicted octanol–water partition coefficient (Wildman–Crippen LogP) is 2.36. The molecule has 1 aliphatic heterocycles. The van der Waals surface area contributed by atoms with Crippen molar-refractivity contribution in [1.82, 2.24) is 0 Å². The van der Waals surface area contributed by atoms with Crippen molar-refractivity contribution in [3.05, 3.63) is 12.2 Å². The van der Waals surface area contributed by atoms with Crippen molar-refractivity contribution in [3.8, 4) is 0 Å². The number of ether oxygens (including phenoxy) is 2. The maximum absolute atomic E-state index is 10.9. The molecule has 0 amide bonds. The summed E-state index contributed by atoms with van der Waals surface area (Å²) < 4.78 is 15.9. The molecule has 0 aromatic carbocycles. The molecule has 0 radical (unpaired) electrons. The monoisotopic (exact) mass is 474 g/mol. The van der Waals surface area contributed by atoms with Gasteiger partial charge in [-0.05, 0) is 38.5 Å². The molecule has 0 aromatic rings. The average molecular weight is 475 g/mol. The molecule has 1 fully saturated rings. The van der Waals surface area contributed by atoms with E-state index < -0.39 is 6.72 Å². The fourth-order valence-corrected chi connectivity index (χ4v) is 3.84. The third-order valence-electron chi connectivity index (χ3n) is 4.94. The molecule has 3 atom stereocenters. The second-order valence-electron chi connectivity index (χ2n) is 7.66. The van der Waals surface area contributed by atoms with Crippen LogP contribution in [0.4, 0.5) is 0 Å². The maximum Gasteiger partial charge on any atom is 1.00 e. The van der Waals surface area contributed by atoms with Gasteiger partial charge in [0.25, 0.3) is 0 Å². The molecule has 0 aromatic heterocycles. The minimum atomic E-state index is -3.85. The molecule has 5 nitrogen and oxygen atoms in total. The van der Waals surface area contributed by atoms with Crippen LogP contribution in [0.5, 0.6) is 0 Å². The summed E-state index contributed by atoms with van der Waals surface area (Å²) in [4.78, 5) is 19.9. The van der Waals surface area contributed by atoms with Crippen LogP contribution in [-0.4, -0.2) is 30.5 Å². The minimum absolute atomic E-state index is 0. The minimum Gasteiger partial charge on any atom is -0.780 e. The van der Waals surface area contributed by atoms with Gasteiger partial charge in [0.15, 0.2) is 6.29 Å². The summed E-state index contributed by atoms with van der Waals surface area (Å²) in [6.07, 6.45) is 21.7. The van der Waals surface area contributed by atoms with Gasteiger partial charge >= 0.3 is 51.4 Å². The summed E-state index contributed by atoms with van der Waals surface area (Å²) in [6, 6.07) is 0. The van der Waals surface area contributed by atoms with Gasteiger partial charge in [-0.3, -0.25) is 0 Å². The van der Waals surface area contributed by atoms with E-state index in [2.05, 4.69) is 30.9 Å². The third kappa shape index (κ3) is 20.2. The molecule has 0 saturated carbocycles. The van der Waals surface area contributed by atoms with E-state index >= 15 is 0 Å².